The number of hydrogen-bond acceptors (Lipinski definition) is 7. The summed E-state index contributed by atoms with van der Waals surface area (Å²) in [6.07, 6.45) is -4.76. The van der Waals surface area contributed by atoms with Crippen LogP contribution in [0.3, 0.4) is 0 Å². The number of carbonyl (C=O) groups excluding carboxylic acids is 1. The average Bonchev–Trinajstić information content (AvgIpc) is 2.88. The third-order valence-electron chi connectivity index (χ3n) is 3.74. The van der Waals surface area contributed by atoms with Crippen LogP contribution in [0.15, 0.2) is 29.4 Å². The molecule has 0 saturated heterocycles. The molecule has 0 fully saturated rings. The van der Waals surface area contributed by atoms with Crippen LogP contribution >= 0.6 is 23.1 Å². The Labute approximate surface area is 166 Å². The van der Waals surface area contributed by atoms with Gasteiger partial charge in [0, 0.05) is 10.6 Å². The lowest BCUT2D eigenvalue weighted by Gasteiger charge is -2.10. The summed E-state index contributed by atoms with van der Waals surface area (Å²) in [5, 5.41) is 3.80. The van der Waals surface area contributed by atoms with Gasteiger partial charge in [0.15, 0.2) is 5.16 Å². The molecule has 6 nitrogen and oxygen atoms in total. The molecule has 0 bridgehead atoms. The van der Waals surface area contributed by atoms with Crippen molar-refractivity contribution in [2.24, 2.45) is 0 Å². The van der Waals surface area contributed by atoms with Crippen LogP contribution < -0.4 is 15.8 Å². The molecule has 0 saturated carbocycles. The van der Waals surface area contributed by atoms with Crippen molar-refractivity contribution in [1.82, 2.24) is 9.97 Å². The lowest BCUT2D eigenvalue weighted by atomic mass is 10.2. The number of thiophene rings is 1. The van der Waals surface area contributed by atoms with Crippen molar-refractivity contribution >= 4 is 50.7 Å². The minimum absolute atomic E-state index is 0.0229. The lowest BCUT2D eigenvalue weighted by molar-refractivity contribution is -0.274. The zero-order chi connectivity index (χ0) is 20.5. The van der Waals surface area contributed by atoms with Crippen molar-refractivity contribution in [1.29, 1.82) is 0 Å². The van der Waals surface area contributed by atoms with E-state index < -0.39 is 6.36 Å². The highest BCUT2D eigenvalue weighted by Gasteiger charge is 2.30. The number of alkyl halides is 3. The standard InChI is InChI=1S/C17H15F3N4O2S2/c1-8-9(2)28-15-13(8)14(21)23-16(24-15)27-7-12(25)22-10-3-5-11(6-4-10)26-17(18,19)20/h3-6H,7H2,1-2H3,(H,22,25)(H2,21,23,24). The summed E-state index contributed by atoms with van der Waals surface area (Å²) in [5.74, 6) is -0.321. The van der Waals surface area contributed by atoms with Crippen LogP contribution in [0.4, 0.5) is 24.7 Å². The second-order valence-corrected chi connectivity index (χ2v) is 7.91. The van der Waals surface area contributed by atoms with E-state index in [4.69, 9.17) is 5.73 Å². The van der Waals surface area contributed by atoms with Gasteiger partial charge < -0.3 is 15.8 Å². The summed E-state index contributed by atoms with van der Waals surface area (Å²) < 4.78 is 40.2. The number of benzene rings is 1. The first-order chi connectivity index (χ1) is 13.1. The number of carbonyl (C=O) groups is 1. The van der Waals surface area contributed by atoms with Gasteiger partial charge in [-0.1, -0.05) is 11.8 Å². The number of rotatable bonds is 5. The molecule has 0 aliphatic rings. The first-order valence-electron chi connectivity index (χ1n) is 7.94. The SMILES string of the molecule is Cc1sc2nc(SCC(=O)Nc3ccc(OC(F)(F)F)cc3)nc(N)c2c1C. The zero-order valence-corrected chi connectivity index (χ0v) is 16.4. The summed E-state index contributed by atoms with van der Waals surface area (Å²) in [4.78, 5) is 22.6. The van der Waals surface area contributed by atoms with Gasteiger partial charge in [-0.25, -0.2) is 9.97 Å². The highest BCUT2D eigenvalue weighted by Crippen LogP contribution is 2.33. The molecule has 0 spiro atoms. The Hall–Kier alpha value is -2.53. The third kappa shape index (κ3) is 4.84. The van der Waals surface area contributed by atoms with E-state index in [9.17, 15) is 18.0 Å². The van der Waals surface area contributed by atoms with Gasteiger partial charge in [-0.05, 0) is 43.7 Å². The summed E-state index contributed by atoms with van der Waals surface area (Å²) in [6.45, 7) is 3.94. The van der Waals surface area contributed by atoms with Crippen molar-refractivity contribution in [3.63, 3.8) is 0 Å². The Kier molecular flexibility index (Phi) is 5.66. The quantitative estimate of drug-likeness (QED) is 0.459. The number of ether oxygens (including phenoxy) is 1. The van der Waals surface area contributed by atoms with Gasteiger partial charge in [-0.15, -0.1) is 24.5 Å². The number of nitrogens with two attached hydrogens (primary N) is 1. The highest BCUT2D eigenvalue weighted by molar-refractivity contribution is 7.99. The fraction of sp³-hybridized carbons (Fsp3) is 0.235. The minimum atomic E-state index is -4.76. The molecule has 28 heavy (non-hydrogen) atoms. The van der Waals surface area contributed by atoms with Crippen LogP contribution in [-0.4, -0.2) is 28.0 Å². The number of nitrogens with zero attached hydrogens (tertiary/aromatic N) is 2. The second kappa shape index (κ2) is 7.84. The Bertz CT molecular complexity index is 1020. The Morgan fingerprint density at radius 3 is 2.57 bits per heavy atom. The Morgan fingerprint density at radius 2 is 1.93 bits per heavy atom. The molecule has 0 aliphatic carbocycles. The molecule has 0 unspecified atom stereocenters. The van der Waals surface area contributed by atoms with E-state index in [0.717, 1.165) is 44.6 Å². The number of aromatic nitrogens is 2. The van der Waals surface area contributed by atoms with Gasteiger partial charge in [0.2, 0.25) is 5.91 Å². The predicted molar refractivity (Wildman–Crippen MR) is 104 cm³/mol. The number of anilines is 2. The van der Waals surface area contributed by atoms with Gasteiger partial charge in [-0.2, -0.15) is 0 Å². The van der Waals surface area contributed by atoms with E-state index in [1.165, 1.54) is 23.5 Å². The number of hydrogen-bond donors (Lipinski definition) is 2. The molecule has 1 amide bonds. The van der Waals surface area contributed by atoms with E-state index in [0.29, 0.717) is 16.7 Å². The number of nitrogens with one attached hydrogen (secondary N) is 1. The monoisotopic (exact) mass is 428 g/mol. The Balaban J connectivity index is 1.61. The topological polar surface area (TPSA) is 90.1 Å². The smallest absolute Gasteiger partial charge is 0.406 e. The molecule has 0 aliphatic heterocycles. The van der Waals surface area contributed by atoms with E-state index >= 15 is 0 Å². The van der Waals surface area contributed by atoms with Crippen LogP contribution in [0, 0.1) is 13.8 Å². The maximum atomic E-state index is 12.1. The van der Waals surface area contributed by atoms with Crippen LogP contribution in [0.5, 0.6) is 5.75 Å². The van der Waals surface area contributed by atoms with Gasteiger partial charge >= 0.3 is 6.36 Å². The number of nitrogen functional groups attached to an aromatic ring is 1. The Morgan fingerprint density at radius 1 is 1.25 bits per heavy atom. The molecule has 2 aromatic heterocycles. The van der Waals surface area contributed by atoms with Crippen molar-refractivity contribution in [3.8, 4) is 5.75 Å². The number of thioether (sulfide) groups is 1. The lowest BCUT2D eigenvalue weighted by Crippen LogP contribution is -2.17. The van der Waals surface area contributed by atoms with Crippen molar-refractivity contribution in [2.75, 3.05) is 16.8 Å². The molecular weight excluding hydrogens is 413 g/mol. The van der Waals surface area contributed by atoms with Crippen molar-refractivity contribution in [2.45, 2.75) is 25.4 Å². The number of amides is 1. The third-order valence-corrected chi connectivity index (χ3v) is 5.69. The highest BCUT2D eigenvalue weighted by atomic mass is 32.2. The van der Waals surface area contributed by atoms with Crippen LogP contribution in [0.25, 0.3) is 10.2 Å². The maximum absolute atomic E-state index is 12.1. The van der Waals surface area contributed by atoms with Gasteiger partial charge in [0.25, 0.3) is 0 Å². The van der Waals surface area contributed by atoms with Crippen molar-refractivity contribution < 1.29 is 22.7 Å². The zero-order valence-electron chi connectivity index (χ0n) is 14.8. The number of aryl methyl sites for hydroxylation is 2. The molecule has 11 heteroatoms. The molecule has 3 N–H and O–H groups in total. The normalized spacial score (nSPS) is 11.6. The average molecular weight is 428 g/mol. The molecule has 0 radical (unpaired) electrons. The number of halogens is 3. The first kappa shape index (κ1) is 20.2. The molecule has 1 aromatic carbocycles. The summed E-state index contributed by atoms with van der Waals surface area (Å²) >= 11 is 2.63. The fourth-order valence-corrected chi connectivity index (χ4v) is 4.14. The maximum Gasteiger partial charge on any atom is 0.573 e. The molecular formula is C17H15F3N4O2S2. The molecule has 3 rings (SSSR count). The van der Waals surface area contributed by atoms with E-state index in [2.05, 4.69) is 20.0 Å². The van der Waals surface area contributed by atoms with E-state index in [-0.39, 0.29) is 17.4 Å². The summed E-state index contributed by atoms with van der Waals surface area (Å²) in [6, 6.07) is 4.88. The fourth-order valence-electron chi connectivity index (χ4n) is 2.39. The first-order valence-corrected chi connectivity index (χ1v) is 9.74. The summed E-state index contributed by atoms with van der Waals surface area (Å²) in [5.41, 5.74) is 7.40. The van der Waals surface area contributed by atoms with Crippen molar-refractivity contribution in [3.05, 3.63) is 34.7 Å². The summed E-state index contributed by atoms with van der Waals surface area (Å²) in [7, 11) is 0. The van der Waals surface area contributed by atoms with Gasteiger partial charge in [0.05, 0.1) is 11.1 Å². The molecule has 0 atom stereocenters. The van der Waals surface area contributed by atoms with E-state index in [1.54, 1.807) is 0 Å². The van der Waals surface area contributed by atoms with Crippen LogP contribution in [-0.2, 0) is 4.79 Å². The van der Waals surface area contributed by atoms with Gasteiger partial charge in [-0.3, -0.25) is 4.79 Å². The van der Waals surface area contributed by atoms with Crippen LogP contribution in [0.1, 0.15) is 10.4 Å². The van der Waals surface area contributed by atoms with Gasteiger partial charge in [0.1, 0.15) is 16.4 Å². The molecule has 2 heterocycles. The number of fused-ring (bicyclic) bond motifs is 1. The predicted octanol–water partition coefficient (Wildman–Crippen LogP) is 4.52. The molecule has 148 valence electrons. The minimum Gasteiger partial charge on any atom is -0.406 e. The van der Waals surface area contributed by atoms with E-state index in [1.807, 2.05) is 13.8 Å². The van der Waals surface area contributed by atoms with Crippen LogP contribution in [0.2, 0.25) is 0 Å². The molecule has 3 aromatic rings. The largest absolute Gasteiger partial charge is 0.573 e. The second-order valence-electron chi connectivity index (χ2n) is 5.76.